The fraction of sp³-hybridized carbons (Fsp3) is 0.417. The van der Waals surface area contributed by atoms with E-state index in [0.29, 0.717) is 0 Å². The summed E-state index contributed by atoms with van der Waals surface area (Å²) in [6.07, 6.45) is 4.07. The van der Waals surface area contributed by atoms with E-state index >= 15 is 0 Å². The topological polar surface area (TPSA) is 66.0 Å². The lowest BCUT2D eigenvalue weighted by molar-refractivity contribution is 0.0827. The molecule has 2 aromatic carbocycles. The SMILES string of the molecule is CN=C(NCCCCc1ccc(OC)cc1)NCCc1cccc(C(=O)N(C)C)c1. The van der Waals surface area contributed by atoms with E-state index in [0.717, 1.165) is 61.6 Å². The van der Waals surface area contributed by atoms with E-state index in [1.165, 1.54) is 5.56 Å². The molecule has 0 aliphatic carbocycles. The van der Waals surface area contributed by atoms with Crippen molar-refractivity contribution in [3.05, 3.63) is 65.2 Å². The maximum atomic E-state index is 12.1. The Bertz CT molecular complexity index is 816. The second-order valence-corrected chi connectivity index (χ2v) is 7.38. The molecule has 30 heavy (non-hydrogen) atoms. The van der Waals surface area contributed by atoms with Crippen molar-refractivity contribution in [1.29, 1.82) is 0 Å². The van der Waals surface area contributed by atoms with Gasteiger partial charge in [0.25, 0.3) is 5.91 Å². The second-order valence-electron chi connectivity index (χ2n) is 7.38. The molecule has 0 aliphatic heterocycles. The maximum absolute atomic E-state index is 12.1. The summed E-state index contributed by atoms with van der Waals surface area (Å²) in [7, 11) is 7.00. The Hall–Kier alpha value is -3.02. The number of nitrogens with zero attached hydrogens (tertiary/aromatic N) is 2. The highest BCUT2D eigenvalue weighted by Crippen LogP contribution is 2.13. The van der Waals surface area contributed by atoms with Gasteiger partial charge in [-0.3, -0.25) is 9.79 Å². The van der Waals surface area contributed by atoms with E-state index in [4.69, 9.17) is 4.74 Å². The van der Waals surface area contributed by atoms with E-state index in [1.807, 2.05) is 36.4 Å². The number of carbonyl (C=O) groups is 1. The van der Waals surface area contributed by atoms with Crippen molar-refractivity contribution >= 4 is 11.9 Å². The third kappa shape index (κ3) is 7.78. The molecule has 0 bridgehead atoms. The van der Waals surface area contributed by atoms with Crippen molar-refractivity contribution in [2.45, 2.75) is 25.7 Å². The summed E-state index contributed by atoms with van der Waals surface area (Å²) >= 11 is 0. The number of rotatable bonds is 10. The van der Waals surface area contributed by atoms with Gasteiger partial charge < -0.3 is 20.3 Å². The Morgan fingerprint density at radius 3 is 2.37 bits per heavy atom. The van der Waals surface area contributed by atoms with E-state index in [1.54, 1.807) is 33.2 Å². The number of aryl methyl sites for hydroxylation is 1. The Labute approximate surface area is 180 Å². The van der Waals surface area contributed by atoms with Crippen LogP contribution in [0.25, 0.3) is 0 Å². The highest BCUT2D eigenvalue weighted by molar-refractivity contribution is 5.94. The van der Waals surface area contributed by atoms with Gasteiger partial charge >= 0.3 is 0 Å². The number of nitrogens with one attached hydrogen (secondary N) is 2. The van der Waals surface area contributed by atoms with Gasteiger partial charge in [0, 0.05) is 39.8 Å². The molecular weight excluding hydrogens is 376 g/mol. The minimum Gasteiger partial charge on any atom is -0.497 e. The molecule has 0 atom stereocenters. The Morgan fingerprint density at radius 2 is 1.70 bits per heavy atom. The van der Waals surface area contributed by atoms with Crippen LogP contribution in [0.2, 0.25) is 0 Å². The number of hydrogen-bond donors (Lipinski definition) is 2. The number of amides is 1. The molecule has 0 fully saturated rings. The molecule has 0 saturated heterocycles. The van der Waals surface area contributed by atoms with Crippen molar-refractivity contribution in [3.8, 4) is 5.75 Å². The molecule has 162 valence electrons. The molecule has 2 aromatic rings. The number of hydrogen-bond acceptors (Lipinski definition) is 3. The van der Waals surface area contributed by atoms with Gasteiger partial charge in [-0.1, -0.05) is 24.3 Å². The van der Waals surface area contributed by atoms with E-state index in [9.17, 15) is 4.79 Å². The average Bonchev–Trinajstić information content (AvgIpc) is 2.77. The Kier molecular flexibility index (Phi) is 9.71. The second kappa shape index (κ2) is 12.5. The molecule has 1 amide bonds. The van der Waals surface area contributed by atoms with Crippen LogP contribution >= 0.6 is 0 Å². The summed E-state index contributed by atoms with van der Waals surface area (Å²) in [5.74, 6) is 1.73. The summed E-state index contributed by atoms with van der Waals surface area (Å²) in [5.41, 5.74) is 3.18. The number of unbranched alkanes of at least 4 members (excludes halogenated alkanes) is 1. The number of guanidine groups is 1. The molecule has 0 heterocycles. The standard InChI is InChI=1S/C24H34N4O2/c1-25-24(26-16-6-5-8-19-11-13-22(30-4)14-12-19)27-17-15-20-9-7-10-21(18-20)23(29)28(2)3/h7,9-14,18H,5-6,8,15-17H2,1-4H3,(H2,25,26,27). The van der Waals surface area contributed by atoms with Gasteiger partial charge in [0.15, 0.2) is 5.96 Å². The van der Waals surface area contributed by atoms with Crippen LogP contribution in [0.5, 0.6) is 5.75 Å². The van der Waals surface area contributed by atoms with Gasteiger partial charge in [0.05, 0.1) is 7.11 Å². The fourth-order valence-corrected chi connectivity index (χ4v) is 3.12. The highest BCUT2D eigenvalue weighted by Gasteiger charge is 2.08. The van der Waals surface area contributed by atoms with Crippen molar-refractivity contribution in [3.63, 3.8) is 0 Å². The van der Waals surface area contributed by atoms with Gasteiger partial charge in [0.2, 0.25) is 0 Å². The third-order valence-corrected chi connectivity index (χ3v) is 4.85. The van der Waals surface area contributed by atoms with Crippen LogP contribution in [-0.4, -0.2) is 58.1 Å². The first kappa shape index (κ1) is 23.3. The van der Waals surface area contributed by atoms with Crippen molar-refractivity contribution < 1.29 is 9.53 Å². The van der Waals surface area contributed by atoms with Crippen LogP contribution in [0.1, 0.15) is 34.3 Å². The lowest BCUT2D eigenvalue weighted by Gasteiger charge is -2.13. The minimum atomic E-state index is 0.0249. The number of methoxy groups -OCH3 is 1. The van der Waals surface area contributed by atoms with Gasteiger partial charge in [-0.25, -0.2) is 0 Å². The first-order valence-corrected chi connectivity index (χ1v) is 10.4. The highest BCUT2D eigenvalue weighted by atomic mass is 16.5. The third-order valence-electron chi connectivity index (χ3n) is 4.85. The molecule has 0 aliphatic rings. The molecule has 0 spiro atoms. The molecule has 2 N–H and O–H groups in total. The Morgan fingerprint density at radius 1 is 0.967 bits per heavy atom. The normalized spacial score (nSPS) is 11.1. The van der Waals surface area contributed by atoms with Crippen LogP contribution in [0.15, 0.2) is 53.5 Å². The van der Waals surface area contributed by atoms with Crippen LogP contribution in [0, 0.1) is 0 Å². The largest absolute Gasteiger partial charge is 0.497 e. The summed E-state index contributed by atoms with van der Waals surface area (Å²) in [4.78, 5) is 18.0. The predicted molar refractivity (Wildman–Crippen MR) is 123 cm³/mol. The van der Waals surface area contributed by atoms with Crippen LogP contribution in [0.3, 0.4) is 0 Å². The zero-order chi connectivity index (χ0) is 21.8. The van der Waals surface area contributed by atoms with Crippen LogP contribution < -0.4 is 15.4 Å². The zero-order valence-corrected chi connectivity index (χ0v) is 18.6. The number of aliphatic imine (C=N–C) groups is 1. The average molecular weight is 411 g/mol. The van der Waals surface area contributed by atoms with E-state index < -0.39 is 0 Å². The summed E-state index contributed by atoms with van der Waals surface area (Å²) in [6.45, 7) is 1.63. The number of ether oxygens (including phenoxy) is 1. The number of benzene rings is 2. The molecule has 6 nitrogen and oxygen atoms in total. The molecule has 0 radical (unpaired) electrons. The lowest BCUT2D eigenvalue weighted by Crippen LogP contribution is -2.38. The smallest absolute Gasteiger partial charge is 0.253 e. The van der Waals surface area contributed by atoms with Gasteiger partial charge in [-0.15, -0.1) is 0 Å². The number of carbonyl (C=O) groups excluding carboxylic acids is 1. The summed E-state index contributed by atoms with van der Waals surface area (Å²) in [6, 6.07) is 16.0. The van der Waals surface area contributed by atoms with Crippen molar-refractivity contribution in [1.82, 2.24) is 15.5 Å². The Balaban J connectivity index is 1.66. The first-order chi connectivity index (χ1) is 14.5. The van der Waals surface area contributed by atoms with Gasteiger partial charge in [0.1, 0.15) is 5.75 Å². The van der Waals surface area contributed by atoms with E-state index in [2.05, 4.69) is 27.8 Å². The molecule has 0 unspecified atom stereocenters. The van der Waals surface area contributed by atoms with Crippen molar-refractivity contribution in [2.75, 3.05) is 41.3 Å². The van der Waals surface area contributed by atoms with E-state index in [-0.39, 0.29) is 5.91 Å². The summed E-state index contributed by atoms with van der Waals surface area (Å²) in [5, 5.41) is 6.70. The molecule has 6 heteroatoms. The molecular formula is C24H34N4O2. The fourth-order valence-electron chi connectivity index (χ4n) is 3.12. The molecule has 0 aromatic heterocycles. The zero-order valence-electron chi connectivity index (χ0n) is 18.6. The minimum absolute atomic E-state index is 0.0249. The van der Waals surface area contributed by atoms with Gasteiger partial charge in [-0.2, -0.15) is 0 Å². The summed E-state index contributed by atoms with van der Waals surface area (Å²) < 4.78 is 5.19. The quantitative estimate of drug-likeness (QED) is 0.359. The maximum Gasteiger partial charge on any atom is 0.253 e. The molecule has 0 saturated carbocycles. The van der Waals surface area contributed by atoms with Crippen molar-refractivity contribution in [2.24, 2.45) is 4.99 Å². The lowest BCUT2D eigenvalue weighted by atomic mass is 10.1. The van der Waals surface area contributed by atoms with Gasteiger partial charge in [-0.05, 0) is 61.1 Å². The van der Waals surface area contributed by atoms with Crippen LogP contribution in [0.4, 0.5) is 0 Å². The monoisotopic (exact) mass is 410 g/mol. The predicted octanol–water partition coefficient (Wildman–Crippen LogP) is 3.13. The first-order valence-electron chi connectivity index (χ1n) is 10.4. The molecule has 2 rings (SSSR count). The van der Waals surface area contributed by atoms with Crippen LogP contribution in [-0.2, 0) is 12.8 Å².